The number of rotatable bonds is 3. The summed E-state index contributed by atoms with van der Waals surface area (Å²) in [4.78, 5) is 9.28. The first-order valence-corrected chi connectivity index (χ1v) is 7.37. The SMILES string of the molecule is CNC(=S)Nc1ccc2nc3cc(OC)c(OC)cc3nc2c1. The number of thiocarbonyl (C=S) groups is 1. The molecule has 0 atom stereocenters. The van der Waals surface area contributed by atoms with E-state index in [1.807, 2.05) is 30.3 Å². The van der Waals surface area contributed by atoms with Crippen LogP contribution >= 0.6 is 12.2 Å². The highest BCUT2D eigenvalue weighted by atomic mass is 32.1. The van der Waals surface area contributed by atoms with Crippen LogP contribution in [0.15, 0.2) is 30.3 Å². The molecule has 1 heterocycles. The molecule has 6 nitrogen and oxygen atoms in total. The molecule has 3 aromatic rings. The van der Waals surface area contributed by atoms with E-state index in [4.69, 9.17) is 21.7 Å². The first-order valence-electron chi connectivity index (χ1n) is 6.97. The van der Waals surface area contributed by atoms with Crippen LogP contribution in [0.4, 0.5) is 5.69 Å². The molecule has 3 rings (SSSR count). The highest BCUT2D eigenvalue weighted by Crippen LogP contribution is 2.31. The summed E-state index contributed by atoms with van der Waals surface area (Å²) in [6, 6.07) is 9.36. The number of ether oxygens (including phenoxy) is 2. The van der Waals surface area contributed by atoms with Gasteiger partial charge in [0.25, 0.3) is 0 Å². The number of hydrogen-bond donors (Lipinski definition) is 2. The zero-order chi connectivity index (χ0) is 16.4. The van der Waals surface area contributed by atoms with Gasteiger partial charge in [-0.25, -0.2) is 9.97 Å². The highest BCUT2D eigenvalue weighted by molar-refractivity contribution is 7.80. The topological polar surface area (TPSA) is 68.3 Å². The van der Waals surface area contributed by atoms with Gasteiger partial charge in [0.1, 0.15) is 0 Å². The molecule has 2 aromatic carbocycles. The van der Waals surface area contributed by atoms with E-state index in [2.05, 4.69) is 20.6 Å². The second kappa shape index (κ2) is 6.21. The Bertz CT molecular complexity index is 898. The predicted molar refractivity (Wildman–Crippen MR) is 95.4 cm³/mol. The number of anilines is 1. The molecule has 0 radical (unpaired) electrons. The number of aromatic nitrogens is 2. The first kappa shape index (κ1) is 15.2. The van der Waals surface area contributed by atoms with Gasteiger partial charge in [-0.05, 0) is 30.4 Å². The zero-order valence-corrected chi connectivity index (χ0v) is 13.8. The summed E-state index contributed by atoms with van der Waals surface area (Å²) in [6.45, 7) is 0. The Balaban J connectivity index is 2.13. The average Bonchev–Trinajstić information content (AvgIpc) is 2.58. The maximum atomic E-state index is 5.32. The predicted octanol–water partition coefficient (Wildman–Crippen LogP) is 2.72. The zero-order valence-electron chi connectivity index (χ0n) is 13.0. The van der Waals surface area contributed by atoms with Crippen LogP contribution in [0.5, 0.6) is 11.5 Å². The Morgan fingerprint density at radius 1 is 0.913 bits per heavy atom. The fourth-order valence-corrected chi connectivity index (χ4v) is 2.39. The molecule has 0 amide bonds. The van der Waals surface area contributed by atoms with Crippen LogP contribution in [0.2, 0.25) is 0 Å². The van der Waals surface area contributed by atoms with E-state index in [0.29, 0.717) is 16.6 Å². The number of benzene rings is 2. The minimum atomic E-state index is 0.546. The largest absolute Gasteiger partial charge is 0.493 e. The van der Waals surface area contributed by atoms with Crippen molar-refractivity contribution < 1.29 is 9.47 Å². The van der Waals surface area contributed by atoms with Gasteiger partial charge in [-0.15, -0.1) is 0 Å². The lowest BCUT2D eigenvalue weighted by Crippen LogP contribution is -2.24. The molecule has 0 aliphatic heterocycles. The molecule has 0 spiro atoms. The number of hydrogen-bond acceptors (Lipinski definition) is 5. The third kappa shape index (κ3) is 2.95. The van der Waals surface area contributed by atoms with Gasteiger partial charge >= 0.3 is 0 Å². The van der Waals surface area contributed by atoms with E-state index >= 15 is 0 Å². The van der Waals surface area contributed by atoms with E-state index in [1.54, 1.807) is 21.3 Å². The summed E-state index contributed by atoms with van der Waals surface area (Å²) in [5, 5.41) is 6.50. The lowest BCUT2D eigenvalue weighted by Gasteiger charge is -2.10. The van der Waals surface area contributed by atoms with E-state index in [-0.39, 0.29) is 0 Å². The summed E-state index contributed by atoms with van der Waals surface area (Å²) in [6.07, 6.45) is 0. The van der Waals surface area contributed by atoms with Gasteiger partial charge < -0.3 is 20.1 Å². The van der Waals surface area contributed by atoms with Crippen LogP contribution in [0.3, 0.4) is 0 Å². The fourth-order valence-electron chi connectivity index (χ4n) is 2.28. The molecule has 2 N–H and O–H groups in total. The van der Waals surface area contributed by atoms with Crippen LogP contribution in [-0.2, 0) is 0 Å². The Kier molecular flexibility index (Phi) is 4.12. The van der Waals surface area contributed by atoms with Gasteiger partial charge in [0.05, 0.1) is 36.3 Å². The average molecular weight is 328 g/mol. The standard InChI is InChI=1S/C16H16N4O2S/c1-17-16(23)18-9-4-5-10-11(6-9)20-13-8-15(22-3)14(21-2)7-12(13)19-10/h4-8H,1-3H3,(H2,17,18,23). The van der Waals surface area contributed by atoms with Gasteiger partial charge in [0.15, 0.2) is 16.6 Å². The van der Waals surface area contributed by atoms with E-state index < -0.39 is 0 Å². The third-order valence-corrected chi connectivity index (χ3v) is 3.73. The third-order valence-electron chi connectivity index (χ3n) is 3.42. The van der Waals surface area contributed by atoms with E-state index in [0.717, 1.165) is 27.8 Å². The summed E-state index contributed by atoms with van der Waals surface area (Å²) >= 11 is 5.11. The summed E-state index contributed by atoms with van der Waals surface area (Å²) < 4.78 is 10.6. The van der Waals surface area contributed by atoms with Crippen molar-refractivity contribution in [3.63, 3.8) is 0 Å². The molecule has 1 aromatic heterocycles. The molecule has 118 valence electrons. The molecule has 0 bridgehead atoms. The maximum Gasteiger partial charge on any atom is 0.170 e. The number of nitrogens with zero attached hydrogens (tertiary/aromatic N) is 2. The van der Waals surface area contributed by atoms with Crippen molar-refractivity contribution in [3.05, 3.63) is 30.3 Å². The van der Waals surface area contributed by atoms with Crippen molar-refractivity contribution in [2.45, 2.75) is 0 Å². The maximum absolute atomic E-state index is 5.32. The Labute approximate surface area is 138 Å². The van der Waals surface area contributed by atoms with Crippen molar-refractivity contribution in [3.8, 4) is 11.5 Å². The van der Waals surface area contributed by atoms with Crippen molar-refractivity contribution in [1.82, 2.24) is 15.3 Å². The van der Waals surface area contributed by atoms with Gasteiger partial charge in [0.2, 0.25) is 0 Å². The molecular formula is C16H16N4O2S. The Morgan fingerprint density at radius 3 is 2.04 bits per heavy atom. The number of methoxy groups -OCH3 is 2. The molecule has 23 heavy (non-hydrogen) atoms. The van der Waals surface area contributed by atoms with Gasteiger partial charge in [-0.2, -0.15) is 0 Å². The minimum absolute atomic E-state index is 0.546. The van der Waals surface area contributed by atoms with Crippen LogP contribution in [0.25, 0.3) is 22.1 Å². The van der Waals surface area contributed by atoms with E-state index in [1.165, 1.54) is 0 Å². The molecule has 0 aliphatic carbocycles. The molecule has 0 unspecified atom stereocenters. The first-order chi connectivity index (χ1) is 11.1. The second-order valence-electron chi connectivity index (χ2n) is 4.83. The van der Waals surface area contributed by atoms with Crippen molar-refractivity contribution in [1.29, 1.82) is 0 Å². The van der Waals surface area contributed by atoms with Crippen LogP contribution in [0.1, 0.15) is 0 Å². The lowest BCUT2D eigenvalue weighted by molar-refractivity contribution is 0.355. The Morgan fingerprint density at radius 2 is 1.48 bits per heavy atom. The number of nitrogens with one attached hydrogen (secondary N) is 2. The number of fused-ring (bicyclic) bond motifs is 2. The monoisotopic (exact) mass is 328 g/mol. The highest BCUT2D eigenvalue weighted by Gasteiger charge is 2.09. The smallest absolute Gasteiger partial charge is 0.170 e. The van der Waals surface area contributed by atoms with Crippen LogP contribution in [0, 0.1) is 0 Å². The molecule has 7 heteroatoms. The quantitative estimate of drug-likeness (QED) is 0.566. The van der Waals surface area contributed by atoms with Crippen LogP contribution < -0.4 is 20.1 Å². The van der Waals surface area contributed by atoms with Gasteiger partial charge in [0, 0.05) is 24.9 Å². The Hall–Kier alpha value is -2.67. The molecule has 0 fully saturated rings. The lowest BCUT2D eigenvalue weighted by atomic mass is 10.2. The van der Waals surface area contributed by atoms with E-state index in [9.17, 15) is 0 Å². The fraction of sp³-hybridized carbons (Fsp3) is 0.188. The minimum Gasteiger partial charge on any atom is -0.493 e. The normalized spacial score (nSPS) is 10.6. The molecule has 0 saturated carbocycles. The van der Waals surface area contributed by atoms with Gasteiger partial charge in [-0.3, -0.25) is 0 Å². The molecular weight excluding hydrogens is 312 g/mol. The second-order valence-corrected chi connectivity index (χ2v) is 5.24. The van der Waals surface area contributed by atoms with Gasteiger partial charge in [-0.1, -0.05) is 0 Å². The van der Waals surface area contributed by atoms with Crippen molar-refractivity contribution >= 4 is 45.1 Å². The van der Waals surface area contributed by atoms with Crippen molar-refractivity contribution in [2.24, 2.45) is 0 Å². The molecule has 0 saturated heterocycles. The van der Waals surface area contributed by atoms with Crippen molar-refractivity contribution in [2.75, 3.05) is 26.6 Å². The summed E-state index contributed by atoms with van der Waals surface area (Å²) in [5.41, 5.74) is 3.91. The molecule has 0 aliphatic rings. The summed E-state index contributed by atoms with van der Waals surface area (Å²) in [5.74, 6) is 1.26. The summed E-state index contributed by atoms with van der Waals surface area (Å²) in [7, 11) is 4.96. The van der Waals surface area contributed by atoms with Crippen LogP contribution in [-0.4, -0.2) is 36.3 Å².